The highest BCUT2D eigenvalue weighted by Gasteiger charge is 2.15. The van der Waals surface area contributed by atoms with E-state index >= 15 is 0 Å². The van der Waals surface area contributed by atoms with Gasteiger partial charge in [-0.25, -0.2) is 0 Å². The molecular formula is C23H23N3O2. The summed E-state index contributed by atoms with van der Waals surface area (Å²) in [6.45, 7) is 7.76. The van der Waals surface area contributed by atoms with Crippen LogP contribution in [0, 0.1) is 27.7 Å². The Morgan fingerprint density at radius 1 is 0.714 bits per heavy atom. The lowest BCUT2D eigenvalue weighted by Crippen LogP contribution is -2.18. The van der Waals surface area contributed by atoms with Gasteiger partial charge in [0.25, 0.3) is 11.8 Å². The molecule has 2 N–H and O–H groups in total. The summed E-state index contributed by atoms with van der Waals surface area (Å²) in [6, 6.07) is 14.7. The Bertz CT molecular complexity index is 936. The molecule has 0 atom stereocenters. The number of amides is 2. The zero-order valence-electron chi connectivity index (χ0n) is 16.5. The number of carbonyl (C=O) groups is 2. The normalized spacial score (nSPS) is 10.4. The molecule has 5 nitrogen and oxygen atoms in total. The molecule has 0 saturated carbocycles. The average molecular weight is 373 g/mol. The fraction of sp³-hybridized carbons (Fsp3) is 0.174. The summed E-state index contributed by atoms with van der Waals surface area (Å²) < 4.78 is 0. The van der Waals surface area contributed by atoms with Crippen LogP contribution in [0.1, 0.15) is 43.1 Å². The van der Waals surface area contributed by atoms with E-state index in [0.29, 0.717) is 5.56 Å². The maximum atomic E-state index is 12.7. The van der Waals surface area contributed by atoms with Crippen molar-refractivity contribution < 1.29 is 9.59 Å². The fourth-order valence-corrected chi connectivity index (χ4v) is 3.08. The van der Waals surface area contributed by atoms with E-state index in [9.17, 15) is 9.59 Å². The molecule has 0 bridgehead atoms. The van der Waals surface area contributed by atoms with Crippen molar-refractivity contribution in [1.82, 2.24) is 4.98 Å². The number of para-hydroxylation sites is 2. The third-order valence-electron chi connectivity index (χ3n) is 4.69. The van der Waals surface area contributed by atoms with Crippen LogP contribution in [-0.2, 0) is 0 Å². The van der Waals surface area contributed by atoms with Gasteiger partial charge in [0.2, 0.25) is 0 Å². The van der Waals surface area contributed by atoms with Crippen molar-refractivity contribution in [3.05, 3.63) is 88.2 Å². The van der Waals surface area contributed by atoms with Crippen LogP contribution in [0.15, 0.2) is 54.7 Å². The molecule has 3 aromatic rings. The van der Waals surface area contributed by atoms with E-state index in [0.717, 1.165) is 33.6 Å². The highest BCUT2D eigenvalue weighted by Crippen LogP contribution is 2.22. The first-order valence-electron chi connectivity index (χ1n) is 9.08. The highest BCUT2D eigenvalue weighted by atomic mass is 16.2. The molecule has 2 amide bonds. The molecule has 0 aliphatic carbocycles. The number of nitrogens with zero attached hydrogens (tertiary/aromatic N) is 1. The molecule has 0 spiro atoms. The number of pyridine rings is 1. The van der Waals surface area contributed by atoms with Gasteiger partial charge in [0.1, 0.15) is 5.69 Å². The largest absolute Gasteiger partial charge is 0.322 e. The maximum Gasteiger partial charge on any atom is 0.274 e. The molecule has 0 aliphatic heterocycles. The first kappa shape index (κ1) is 19.3. The summed E-state index contributed by atoms with van der Waals surface area (Å²) in [4.78, 5) is 29.5. The predicted octanol–water partition coefficient (Wildman–Crippen LogP) is 4.82. The zero-order chi connectivity index (χ0) is 20.3. The van der Waals surface area contributed by atoms with Gasteiger partial charge in [-0.05, 0) is 62.1 Å². The smallest absolute Gasteiger partial charge is 0.274 e. The summed E-state index contributed by atoms with van der Waals surface area (Å²) in [5.74, 6) is -0.625. The number of aromatic nitrogens is 1. The van der Waals surface area contributed by atoms with Gasteiger partial charge >= 0.3 is 0 Å². The Labute approximate surface area is 164 Å². The van der Waals surface area contributed by atoms with Gasteiger partial charge in [-0.2, -0.15) is 0 Å². The van der Waals surface area contributed by atoms with Gasteiger partial charge in [0, 0.05) is 23.1 Å². The van der Waals surface area contributed by atoms with Gasteiger partial charge in [-0.3, -0.25) is 14.6 Å². The molecule has 1 aromatic heterocycles. The lowest BCUT2D eigenvalue weighted by molar-refractivity contribution is 0.102. The minimum atomic E-state index is -0.348. The molecule has 5 heteroatoms. The molecule has 3 rings (SSSR count). The summed E-state index contributed by atoms with van der Waals surface area (Å²) in [5.41, 5.74) is 6.02. The van der Waals surface area contributed by atoms with Crippen LogP contribution in [0.3, 0.4) is 0 Å². The van der Waals surface area contributed by atoms with Crippen molar-refractivity contribution in [2.45, 2.75) is 27.7 Å². The highest BCUT2D eigenvalue weighted by molar-refractivity contribution is 6.08. The van der Waals surface area contributed by atoms with Gasteiger partial charge in [-0.1, -0.05) is 36.4 Å². The van der Waals surface area contributed by atoms with E-state index in [1.54, 1.807) is 6.07 Å². The van der Waals surface area contributed by atoms with E-state index in [-0.39, 0.29) is 17.5 Å². The number of aryl methyl sites for hydroxylation is 4. The second-order valence-electron chi connectivity index (χ2n) is 6.87. The van der Waals surface area contributed by atoms with Crippen molar-refractivity contribution in [3.8, 4) is 0 Å². The van der Waals surface area contributed by atoms with E-state index in [1.165, 1.54) is 12.3 Å². The minimum Gasteiger partial charge on any atom is -0.322 e. The Kier molecular flexibility index (Phi) is 5.54. The van der Waals surface area contributed by atoms with Crippen LogP contribution >= 0.6 is 0 Å². The van der Waals surface area contributed by atoms with E-state index in [1.807, 2.05) is 64.1 Å². The van der Waals surface area contributed by atoms with Crippen LogP contribution in [0.5, 0.6) is 0 Å². The number of hydrogen-bond donors (Lipinski definition) is 2. The van der Waals surface area contributed by atoms with Crippen molar-refractivity contribution >= 4 is 23.2 Å². The van der Waals surface area contributed by atoms with Crippen molar-refractivity contribution in [2.24, 2.45) is 0 Å². The summed E-state index contributed by atoms with van der Waals surface area (Å²) >= 11 is 0. The second kappa shape index (κ2) is 8.05. The van der Waals surface area contributed by atoms with Crippen LogP contribution < -0.4 is 10.6 Å². The van der Waals surface area contributed by atoms with Gasteiger partial charge in [0.05, 0.1) is 0 Å². The first-order valence-corrected chi connectivity index (χ1v) is 9.08. The average Bonchev–Trinajstić information content (AvgIpc) is 2.67. The SMILES string of the molecule is Cc1cccc(C)c1NC(=O)c1ccnc(C(=O)Nc2c(C)cccc2C)c1. The molecule has 0 saturated heterocycles. The third-order valence-corrected chi connectivity index (χ3v) is 4.69. The van der Waals surface area contributed by atoms with Crippen LogP contribution in [-0.4, -0.2) is 16.8 Å². The molecule has 0 unspecified atom stereocenters. The quantitative estimate of drug-likeness (QED) is 0.689. The van der Waals surface area contributed by atoms with E-state index in [2.05, 4.69) is 15.6 Å². The summed E-state index contributed by atoms with van der Waals surface area (Å²) in [5, 5.41) is 5.83. The lowest BCUT2D eigenvalue weighted by atomic mass is 10.1. The molecule has 0 aliphatic rings. The Balaban J connectivity index is 1.82. The van der Waals surface area contributed by atoms with E-state index in [4.69, 9.17) is 0 Å². The topological polar surface area (TPSA) is 71.1 Å². The van der Waals surface area contributed by atoms with Crippen molar-refractivity contribution in [2.75, 3.05) is 10.6 Å². The molecule has 2 aromatic carbocycles. The number of rotatable bonds is 4. The molecule has 142 valence electrons. The van der Waals surface area contributed by atoms with Crippen LogP contribution in [0.4, 0.5) is 11.4 Å². The third kappa shape index (κ3) is 4.09. The molecule has 0 radical (unpaired) electrons. The molecule has 0 fully saturated rings. The number of anilines is 2. The zero-order valence-corrected chi connectivity index (χ0v) is 16.5. The van der Waals surface area contributed by atoms with Crippen molar-refractivity contribution in [3.63, 3.8) is 0 Å². The maximum absolute atomic E-state index is 12.7. The second-order valence-corrected chi connectivity index (χ2v) is 6.87. The van der Waals surface area contributed by atoms with Crippen LogP contribution in [0.25, 0.3) is 0 Å². The predicted molar refractivity (Wildman–Crippen MR) is 112 cm³/mol. The summed E-state index contributed by atoms with van der Waals surface area (Å²) in [7, 11) is 0. The van der Waals surface area contributed by atoms with E-state index < -0.39 is 0 Å². The summed E-state index contributed by atoms with van der Waals surface area (Å²) in [6.07, 6.45) is 1.47. The number of hydrogen-bond acceptors (Lipinski definition) is 3. The fourth-order valence-electron chi connectivity index (χ4n) is 3.08. The monoisotopic (exact) mass is 373 g/mol. The Morgan fingerprint density at radius 2 is 1.18 bits per heavy atom. The molecular weight excluding hydrogens is 350 g/mol. The standard InChI is InChI=1S/C23H23N3O2/c1-14-7-5-8-15(2)20(14)25-22(27)18-11-12-24-19(13-18)23(28)26-21-16(3)9-6-10-17(21)4/h5-13H,1-4H3,(H,25,27)(H,26,28). The number of carbonyl (C=O) groups excluding carboxylic acids is 2. The van der Waals surface area contributed by atoms with Crippen LogP contribution in [0.2, 0.25) is 0 Å². The Hall–Kier alpha value is -3.47. The van der Waals surface area contributed by atoms with Crippen molar-refractivity contribution in [1.29, 1.82) is 0 Å². The van der Waals surface area contributed by atoms with Gasteiger partial charge in [0.15, 0.2) is 0 Å². The molecule has 28 heavy (non-hydrogen) atoms. The Morgan fingerprint density at radius 3 is 1.68 bits per heavy atom. The van der Waals surface area contributed by atoms with Gasteiger partial charge < -0.3 is 10.6 Å². The molecule has 1 heterocycles. The number of nitrogens with one attached hydrogen (secondary N) is 2. The minimum absolute atomic E-state index is 0.191. The van der Waals surface area contributed by atoms with Gasteiger partial charge in [-0.15, -0.1) is 0 Å². The number of benzene rings is 2. The first-order chi connectivity index (χ1) is 13.4. The lowest BCUT2D eigenvalue weighted by Gasteiger charge is -2.13.